The predicted octanol–water partition coefficient (Wildman–Crippen LogP) is -3.67. The molecule has 0 atom stereocenters. The van der Waals surface area contributed by atoms with Crippen molar-refractivity contribution in [2.75, 3.05) is 0 Å². The maximum absolute atomic E-state index is 10.9. The molecule has 12 heavy (non-hydrogen) atoms. The van der Waals surface area contributed by atoms with Crippen LogP contribution in [0.5, 0.6) is 5.88 Å². The van der Waals surface area contributed by atoms with Gasteiger partial charge in [-0.15, -0.1) is 0 Å². The summed E-state index contributed by atoms with van der Waals surface area (Å²) in [5.74, 6) is -0.426. The van der Waals surface area contributed by atoms with Crippen molar-refractivity contribution < 1.29 is 63.3 Å². The maximum atomic E-state index is 10.9. The average molecular weight is 236 g/mol. The standard InChI is InChI=1S/C6H5N3O2.Rb/c10-5-4-3(1-2-7-4)8-6(11)9-5;/h1-2,7H,(H2,8,9,10,11);/q;+1/p-1. The molecule has 6 heteroatoms. The molecular weight excluding hydrogens is 232 g/mol. The second kappa shape index (κ2) is 3.82. The zero-order valence-electron chi connectivity index (χ0n) is 6.42. The van der Waals surface area contributed by atoms with Crippen LogP contribution < -0.4 is 69.0 Å². The van der Waals surface area contributed by atoms with Gasteiger partial charge < -0.3 is 15.1 Å². The summed E-state index contributed by atoms with van der Waals surface area (Å²) in [6.07, 6.45) is 1.56. The van der Waals surface area contributed by atoms with Crippen molar-refractivity contribution in [3.05, 3.63) is 22.7 Å². The van der Waals surface area contributed by atoms with Crippen LogP contribution in [0.3, 0.4) is 0 Å². The molecule has 0 radical (unpaired) electrons. The summed E-state index contributed by atoms with van der Waals surface area (Å²) < 4.78 is 0. The first-order valence-corrected chi connectivity index (χ1v) is 3.02. The number of fused-ring (bicyclic) bond motifs is 1. The second-order valence-corrected chi connectivity index (χ2v) is 2.11. The Bertz CT molecular complexity index is 447. The quantitative estimate of drug-likeness (QED) is 0.494. The van der Waals surface area contributed by atoms with Gasteiger partial charge in [0.1, 0.15) is 0 Å². The first-order chi connectivity index (χ1) is 5.27. The van der Waals surface area contributed by atoms with E-state index >= 15 is 0 Å². The Balaban J connectivity index is 0.000000720. The molecule has 0 aliphatic heterocycles. The molecule has 2 N–H and O–H groups in total. The van der Waals surface area contributed by atoms with Gasteiger partial charge in [0, 0.05) is 6.20 Å². The predicted molar refractivity (Wildman–Crippen MR) is 36.2 cm³/mol. The summed E-state index contributed by atoms with van der Waals surface area (Å²) >= 11 is 0. The van der Waals surface area contributed by atoms with Crippen LogP contribution in [0.2, 0.25) is 0 Å². The van der Waals surface area contributed by atoms with Crippen molar-refractivity contribution in [2.45, 2.75) is 0 Å². The molecule has 0 spiro atoms. The summed E-state index contributed by atoms with van der Waals surface area (Å²) in [6.45, 7) is 0. The molecule has 2 aromatic heterocycles. The summed E-state index contributed by atoms with van der Waals surface area (Å²) in [7, 11) is 0. The van der Waals surface area contributed by atoms with E-state index in [2.05, 4.69) is 9.97 Å². The smallest absolute Gasteiger partial charge is 0.859 e. The average Bonchev–Trinajstić information content (AvgIpc) is 2.34. The van der Waals surface area contributed by atoms with Crippen LogP contribution in [0.15, 0.2) is 17.1 Å². The zero-order chi connectivity index (χ0) is 7.84. The topological polar surface area (TPSA) is 84.6 Å². The van der Waals surface area contributed by atoms with Gasteiger partial charge in [0.15, 0.2) is 0 Å². The molecule has 0 amide bonds. The van der Waals surface area contributed by atoms with Gasteiger partial charge in [-0.05, 0) is 11.9 Å². The summed E-state index contributed by atoms with van der Waals surface area (Å²) in [5, 5.41) is 10.9. The number of H-pyrrole nitrogens is 2. The molecule has 0 aliphatic rings. The maximum Gasteiger partial charge on any atom is 1.00 e. The van der Waals surface area contributed by atoms with Crippen LogP contribution in [0.1, 0.15) is 0 Å². The number of hydrogen-bond donors (Lipinski definition) is 2. The van der Waals surface area contributed by atoms with Crippen molar-refractivity contribution >= 4 is 11.0 Å². The van der Waals surface area contributed by atoms with E-state index in [0.29, 0.717) is 11.0 Å². The first-order valence-electron chi connectivity index (χ1n) is 3.02. The molecule has 0 fully saturated rings. The van der Waals surface area contributed by atoms with E-state index in [1.807, 2.05) is 4.98 Å². The van der Waals surface area contributed by atoms with E-state index in [1.165, 1.54) is 0 Å². The van der Waals surface area contributed by atoms with Gasteiger partial charge >= 0.3 is 63.9 Å². The third-order valence-electron chi connectivity index (χ3n) is 1.39. The van der Waals surface area contributed by atoms with Gasteiger partial charge in [-0.25, -0.2) is 4.79 Å². The first kappa shape index (κ1) is 10.1. The van der Waals surface area contributed by atoms with E-state index in [0.717, 1.165) is 0 Å². The molecule has 0 saturated heterocycles. The molecular formula is C6H4N3O2Rb. The van der Waals surface area contributed by atoms with Crippen molar-refractivity contribution in [3.8, 4) is 5.88 Å². The molecule has 5 nitrogen and oxygen atoms in total. The zero-order valence-corrected chi connectivity index (χ0v) is 11.3. The van der Waals surface area contributed by atoms with E-state index < -0.39 is 11.6 Å². The van der Waals surface area contributed by atoms with Crippen LogP contribution in [0.4, 0.5) is 0 Å². The molecule has 2 heterocycles. The van der Waals surface area contributed by atoms with Crippen LogP contribution in [-0.4, -0.2) is 15.0 Å². The molecule has 0 aromatic carbocycles. The number of aromatic nitrogens is 3. The Hall–Kier alpha value is 0.0252. The SMILES string of the molecule is O=c1nc2cc[nH]c2c([O-])[nH]1.[Rb+]. The fourth-order valence-electron chi connectivity index (χ4n) is 0.933. The third kappa shape index (κ3) is 1.68. The molecule has 0 aliphatic carbocycles. The van der Waals surface area contributed by atoms with Crippen LogP contribution in [-0.2, 0) is 0 Å². The van der Waals surface area contributed by atoms with Gasteiger partial charge in [-0.1, -0.05) is 0 Å². The van der Waals surface area contributed by atoms with Crippen molar-refractivity contribution in [2.24, 2.45) is 0 Å². The molecule has 0 saturated carbocycles. The van der Waals surface area contributed by atoms with Gasteiger partial charge in [-0.2, -0.15) is 4.98 Å². The third-order valence-corrected chi connectivity index (χ3v) is 1.39. The van der Waals surface area contributed by atoms with Crippen molar-refractivity contribution in [1.82, 2.24) is 15.0 Å². The molecule has 0 unspecified atom stereocenters. The second-order valence-electron chi connectivity index (χ2n) is 2.11. The van der Waals surface area contributed by atoms with E-state index in [1.54, 1.807) is 12.3 Å². The molecule has 2 rings (SSSR count). The Labute approximate surface area is 116 Å². The molecule has 2 aromatic rings. The Morgan fingerprint density at radius 2 is 2.25 bits per heavy atom. The van der Waals surface area contributed by atoms with E-state index in [-0.39, 0.29) is 58.2 Å². The molecule has 56 valence electrons. The number of hydrogen-bond acceptors (Lipinski definition) is 3. The van der Waals surface area contributed by atoms with Crippen molar-refractivity contribution in [1.29, 1.82) is 0 Å². The summed E-state index contributed by atoms with van der Waals surface area (Å²) in [4.78, 5) is 18.9. The fraction of sp³-hybridized carbons (Fsp3) is 0. The minimum atomic E-state index is -0.609. The van der Waals surface area contributed by atoms with E-state index in [4.69, 9.17) is 0 Å². The summed E-state index contributed by atoms with van der Waals surface area (Å²) in [6, 6.07) is 1.58. The number of aromatic amines is 2. The largest absolute Gasteiger partial charge is 1.00 e. The fourth-order valence-corrected chi connectivity index (χ4v) is 0.933. The van der Waals surface area contributed by atoms with Crippen LogP contribution >= 0.6 is 0 Å². The minimum absolute atomic E-state index is 0. The van der Waals surface area contributed by atoms with Crippen molar-refractivity contribution in [3.63, 3.8) is 0 Å². The number of nitrogens with zero attached hydrogens (tertiary/aromatic N) is 1. The van der Waals surface area contributed by atoms with Crippen LogP contribution in [0, 0.1) is 0 Å². The Morgan fingerprint density at radius 3 is 3.00 bits per heavy atom. The molecule has 0 bridgehead atoms. The Morgan fingerprint density at radius 1 is 1.50 bits per heavy atom. The number of nitrogens with one attached hydrogen (secondary N) is 2. The Kier molecular flexibility index (Phi) is 3.22. The van der Waals surface area contributed by atoms with Gasteiger partial charge in [-0.3, -0.25) is 0 Å². The van der Waals surface area contributed by atoms with Gasteiger partial charge in [0.25, 0.3) is 0 Å². The van der Waals surface area contributed by atoms with Crippen LogP contribution in [0.25, 0.3) is 11.0 Å². The van der Waals surface area contributed by atoms with E-state index in [9.17, 15) is 9.90 Å². The summed E-state index contributed by atoms with van der Waals surface area (Å²) in [5.41, 5.74) is 0.130. The monoisotopic (exact) mass is 235 g/mol. The normalized spacial score (nSPS) is 9.67. The number of rotatable bonds is 0. The van der Waals surface area contributed by atoms with Gasteiger partial charge in [0.2, 0.25) is 0 Å². The minimum Gasteiger partial charge on any atom is -0.859 e. The van der Waals surface area contributed by atoms with Gasteiger partial charge in [0.05, 0.1) is 11.0 Å².